The Morgan fingerprint density at radius 2 is 2.07 bits per heavy atom. The third-order valence-corrected chi connectivity index (χ3v) is 5.38. The van der Waals surface area contributed by atoms with Gasteiger partial charge in [0.1, 0.15) is 5.69 Å². The summed E-state index contributed by atoms with van der Waals surface area (Å²) < 4.78 is 2.11. The maximum absolute atomic E-state index is 12.5. The number of para-hydroxylation sites is 2. The fraction of sp³-hybridized carbons (Fsp3) is 0.182. The second-order valence-electron chi connectivity index (χ2n) is 7.13. The molecule has 0 atom stereocenters. The SMILES string of the molecule is CC(C)Cc1cn(-c2ccccc2NC(=O)c2cscn2)c2cc(Cl)ccc12. The fourth-order valence-corrected chi connectivity index (χ4v) is 4.07. The van der Waals surface area contributed by atoms with Gasteiger partial charge < -0.3 is 9.88 Å². The number of fused-ring (bicyclic) bond motifs is 1. The molecule has 0 saturated heterocycles. The first-order chi connectivity index (χ1) is 13.5. The monoisotopic (exact) mass is 409 g/mol. The van der Waals surface area contributed by atoms with Gasteiger partial charge in [-0.2, -0.15) is 0 Å². The molecule has 0 spiro atoms. The number of halogens is 1. The number of thiazole rings is 1. The molecule has 0 aliphatic rings. The number of anilines is 1. The first-order valence-electron chi connectivity index (χ1n) is 9.11. The van der Waals surface area contributed by atoms with Gasteiger partial charge in [-0.05, 0) is 42.2 Å². The van der Waals surface area contributed by atoms with Gasteiger partial charge in [0.15, 0.2) is 0 Å². The van der Waals surface area contributed by atoms with Crippen LogP contribution < -0.4 is 5.32 Å². The van der Waals surface area contributed by atoms with Crippen molar-refractivity contribution in [1.82, 2.24) is 9.55 Å². The van der Waals surface area contributed by atoms with Crippen LogP contribution in [0, 0.1) is 5.92 Å². The number of nitrogens with one attached hydrogen (secondary N) is 1. The molecule has 0 aliphatic heterocycles. The fourth-order valence-electron chi connectivity index (χ4n) is 3.37. The Morgan fingerprint density at radius 3 is 2.82 bits per heavy atom. The lowest BCUT2D eigenvalue weighted by molar-refractivity contribution is 0.102. The van der Waals surface area contributed by atoms with E-state index in [0.29, 0.717) is 16.6 Å². The minimum Gasteiger partial charge on any atom is -0.319 e. The lowest BCUT2D eigenvalue weighted by Crippen LogP contribution is -2.14. The molecular weight excluding hydrogens is 390 g/mol. The van der Waals surface area contributed by atoms with Gasteiger partial charge in [0.25, 0.3) is 5.91 Å². The average Bonchev–Trinajstić information content (AvgIpc) is 3.30. The van der Waals surface area contributed by atoms with E-state index in [2.05, 4.69) is 41.0 Å². The summed E-state index contributed by atoms with van der Waals surface area (Å²) in [6.07, 6.45) is 3.12. The third-order valence-electron chi connectivity index (χ3n) is 4.56. The topological polar surface area (TPSA) is 46.9 Å². The van der Waals surface area contributed by atoms with Crippen molar-refractivity contribution in [3.63, 3.8) is 0 Å². The zero-order valence-corrected chi connectivity index (χ0v) is 17.2. The van der Waals surface area contributed by atoms with E-state index < -0.39 is 0 Å². The predicted octanol–water partition coefficient (Wildman–Crippen LogP) is 6.19. The summed E-state index contributed by atoms with van der Waals surface area (Å²) in [4.78, 5) is 16.6. The highest BCUT2D eigenvalue weighted by molar-refractivity contribution is 7.07. The number of nitrogens with zero attached hydrogens (tertiary/aromatic N) is 2. The summed E-state index contributed by atoms with van der Waals surface area (Å²) in [5.74, 6) is 0.319. The van der Waals surface area contributed by atoms with Crippen molar-refractivity contribution < 1.29 is 4.79 Å². The lowest BCUT2D eigenvalue weighted by Gasteiger charge is -2.13. The summed E-state index contributed by atoms with van der Waals surface area (Å²) in [5.41, 5.74) is 5.99. The van der Waals surface area contributed by atoms with Crippen LogP contribution in [0.15, 0.2) is 59.6 Å². The molecule has 0 unspecified atom stereocenters. The molecule has 0 saturated carbocycles. The van der Waals surface area contributed by atoms with Crippen molar-refractivity contribution in [2.24, 2.45) is 5.92 Å². The van der Waals surface area contributed by atoms with Crippen molar-refractivity contribution in [2.45, 2.75) is 20.3 Å². The third kappa shape index (κ3) is 3.68. The van der Waals surface area contributed by atoms with Gasteiger partial charge in [0, 0.05) is 22.0 Å². The molecule has 2 aromatic heterocycles. The zero-order valence-electron chi connectivity index (χ0n) is 15.6. The lowest BCUT2D eigenvalue weighted by atomic mass is 10.0. The Morgan fingerprint density at radius 1 is 1.25 bits per heavy atom. The number of rotatable bonds is 5. The van der Waals surface area contributed by atoms with Crippen LogP contribution in [0.4, 0.5) is 5.69 Å². The van der Waals surface area contributed by atoms with Crippen molar-refractivity contribution in [3.8, 4) is 5.69 Å². The van der Waals surface area contributed by atoms with Gasteiger partial charge in [0.2, 0.25) is 0 Å². The van der Waals surface area contributed by atoms with Crippen LogP contribution in [-0.4, -0.2) is 15.5 Å². The van der Waals surface area contributed by atoms with Gasteiger partial charge in [0.05, 0.1) is 22.4 Å². The Kier molecular flexibility index (Phi) is 5.20. The Hall–Kier alpha value is -2.63. The van der Waals surface area contributed by atoms with Gasteiger partial charge in [-0.25, -0.2) is 4.98 Å². The quantitative estimate of drug-likeness (QED) is 0.427. The number of hydrogen-bond donors (Lipinski definition) is 1. The maximum atomic E-state index is 12.5. The number of hydrogen-bond acceptors (Lipinski definition) is 3. The van der Waals surface area contributed by atoms with E-state index >= 15 is 0 Å². The van der Waals surface area contributed by atoms with E-state index in [0.717, 1.165) is 23.3 Å². The van der Waals surface area contributed by atoms with Crippen molar-refractivity contribution in [3.05, 3.63) is 75.8 Å². The summed E-state index contributed by atoms with van der Waals surface area (Å²) in [6.45, 7) is 4.42. The standard InChI is InChI=1S/C22H20ClN3OS/c1-14(2)9-15-11-26(21-10-16(23)7-8-17(15)21)20-6-4-3-5-18(20)25-22(27)19-12-28-13-24-19/h3-8,10-14H,9H2,1-2H3,(H,25,27). The first kappa shape index (κ1) is 18.7. The van der Waals surface area contributed by atoms with Crippen molar-refractivity contribution in [1.29, 1.82) is 0 Å². The highest BCUT2D eigenvalue weighted by Crippen LogP contribution is 2.32. The van der Waals surface area contributed by atoms with Gasteiger partial charge >= 0.3 is 0 Å². The van der Waals surface area contributed by atoms with Crippen molar-refractivity contribution >= 4 is 45.4 Å². The highest BCUT2D eigenvalue weighted by atomic mass is 35.5. The Labute approximate surface area is 172 Å². The number of carbonyl (C=O) groups excluding carboxylic acids is 1. The average molecular weight is 410 g/mol. The maximum Gasteiger partial charge on any atom is 0.275 e. The molecule has 28 heavy (non-hydrogen) atoms. The summed E-state index contributed by atoms with van der Waals surface area (Å²) in [6, 6.07) is 13.7. The number of benzene rings is 2. The second kappa shape index (κ2) is 7.78. The molecule has 0 fully saturated rings. The molecule has 6 heteroatoms. The van der Waals surface area contributed by atoms with Crippen LogP contribution in [0.2, 0.25) is 5.02 Å². The van der Waals surface area contributed by atoms with Crippen LogP contribution >= 0.6 is 22.9 Å². The van der Waals surface area contributed by atoms with Crippen LogP contribution in [-0.2, 0) is 6.42 Å². The van der Waals surface area contributed by atoms with Crippen LogP contribution in [0.5, 0.6) is 0 Å². The number of amides is 1. The van der Waals surface area contributed by atoms with Gasteiger partial charge in [-0.15, -0.1) is 11.3 Å². The van der Waals surface area contributed by atoms with E-state index in [1.54, 1.807) is 10.9 Å². The first-order valence-corrected chi connectivity index (χ1v) is 10.4. The van der Waals surface area contributed by atoms with E-state index in [9.17, 15) is 4.79 Å². The largest absolute Gasteiger partial charge is 0.319 e. The Bertz CT molecular complexity index is 1130. The van der Waals surface area contributed by atoms with E-state index in [-0.39, 0.29) is 5.91 Å². The van der Waals surface area contributed by atoms with Crippen LogP contribution in [0.3, 0.4) is 0 Å². The molecule has 142 valence electrons. The molecule has 0 radical (unpaired) electrons. The smallest absolute Gasteiger partial charge is 0.275 e. The number of aromatic nitrogens is 2. The molecular formula is C22H20ClN3OS. The Balaban J connectivity index is 1.82. The van der Waals surface area contributed by atoms with E-state index in [1.807, 2.05) is 36.4 Å². The van der Waals surface area contributed by atoms with E-state index in [4.69, 9.17) is 11.6 Å². The molecule has 2 aromatic carbocycles. The molecule has 4 rings (SSSR count). The van der Waals surface area contributed by atoms with Crippen molar-refractivity contribution in [2.75, 3.05) is 5.32 Å². The van der Waals surface area contributed by atoms with Crippen LogP contribution in [0.25, 0.3) is 16.6 Å². The highest BCUT2D eigenvalue weighted by Gasteiger charge is 2.16. The summed E-state index contributed by atoms with van der Waals surface area (Å²) in [5, 5.41) is 6.60. The molecule has 4 aromatic rings. The summed E-state index contributed by atoms with van der Waals surface area (Å²) >= 11 is 7.69. The molecule has 4 nitrogen and oxygen atoms in total. The minimum absolute atomic E-state index is 0.217. The molecule has 0 bridgehead atoms. The van der Waals surface area contributed by atoms with Crippen LogP contribution in [0.1, 0.15) is 29.9 Å². The number of carbonyl (C=O) groups is 1. The zero-order chi connectivity index (χ0) is 19.7. The second-order valence-corrected chi connectivity index (χ2v) is 8.28. The molecule has 1 amide bonds. The van der Waals surface area contributed by atoms with Gasteiger partial charge in [-0.3, -0.25) is 4.79 Å². The molecule has 0 aliphatic carbocycles. The summed E-state index contributed by atoms with van der Waals surface area (Å²) in [7, 11) is 0. The predicted molar refractivity (Wildman–Crippen MR) is 117 cm³/mol. The minimum atomic E-state index is -0.217. The van der Waals surface area contributed by atoms with E-state index in [1.165, 1.54) is 22.3 Å². The molecule has 2 heterocycles. The molecule has 1 N–H and O–H groups in total. The van der Waals surface area contributed by atoms with Gasteiger partial charge in [-0.1, -0.05) is 43.6 Å². The normalized spacial score (nSPS) is 11.3.